The second kappa shape index (κ2) is 7.08. The lowest BCUT2D eigenvalue weighted by Gasteiger charge is -2.09. The van der Waals surface area contributed by atoms with E-state index in [2.05, 4.69) is 65.1 Å². The van der Waals surface area contributed by atoms with Gasteiger partial charge in [0, 0.05) is 31.6 Å². The highest BCUT2D eigenvalue weighted by atomic mass is 32.1. The summed E-state index contributed by atoms with van der Waals surface area (Å²) in [6, 6.07) is 16.8. The maximum Gasteiger partial charge on any atom is 0.274 e. The summed E-state index contributed by atoms with van der Waals surface area (Å²) in [5, 5.41) is 1.53. The van der Waals surface area contributed by atoms with Crippen LogP contribution in [0.15, 0.2) is 59.7 Å². The van der Waals surface area contributed by atoms with E-state index in [-0.39, 0.29) is 5.91 Å². The van der Waals surface area contributed by atoms with E-state index >= 15 is 0 Å². The number of aliphatic imine (C=N–C) groups is 1. The molecular weight excluding hydrogens is 354 g/mol. The van der Waals surface area contributed by atoms with Gasteiger partial charge in [0.05, 0.1) is 5.52 Å². The molecule has 2 heterocycles. The van der Waals surface area contributed by atoms with E-state index in [1.807, 2.05) is 6.07 Å². The Hall–Kier alpha value is -2.79. The Balaban J connectivity index is 1.79. The number of benzene rings is 2. The van der Waals surface area contributed by atoms with Gasteiger partial charge in [-0.1, -0.05) is 55.5 Å². The summed E-state index contributed by atoms with van der Waals surface area (Å²) in [5.74, 6) is -0.101. The van der Waals surface area contributed by atoms with E-state index in [1.165, 1.54) is 26.9 Å². The van der Waals surface area contributed by atoms with Crippen LogP contribution in [0.4, 0.5) is 0 Å². The van der Waals surface area contributed by atoms with Crippen molar-refractivity contribution >= 4 is 39.9 Å². The monoisotopic (exact) mass is 375 g/mol. The van der Waals surface area contributed by atoms with Crippen LogP contribution < -0.4 is 0 Å². The summed E-state index contributed by atoms with van der Waals surface area (Å²) in [6.07, 6.45) is 3.62. The van der Waals surface area contributed by atoms with Crippen LogP contribution in [-0.4, -0.2) is 33.2 Å². The lowest BCUT2D eigenvalue weighted by molar-refractivity contribution is -0.119. The van der Waals surface area contributed by atoms with Gasteiger partial charge >= 0.3 is 0 Å². The molecule has 0 atom stereocenters. The van der Waals surface area contributed by atoms with Crippen LogP contribution in [0, 0.1) is 0 Å². The average molecular weight is 375 g/mol. The van der Waals surface area contributed by atoms with Gasteiger partial charge in [0.1, 0.15) is 5.71 Å². The topological polar surface area (TPSA) is 37.6 Å². The number of hydrogen-bond acceptors (Lipinski definition) is 2. The van der Waals surface area contributed by atoms with Crippen molar-refractivity contribution in [2.24, 2.45) is 4.99 Å². The molecule has 0 spiro atoms. The summed E-state index contributed by atoms with van der Waals surface area (Å²) >= 11 is 5.15. The van der Waals surface area contributed by atoms with Crippen molar-refractivity contribution in [3.63, 3.8) is 0 Å². The molecule has 0 saturated carbocycles. The Morgan fingerprint density at radius 3 is 2.48 bits per heavy atom. The number of nitrogens with zero attached hydrogens (tertiary/aromatic N) is 3. The molecule has 4 nitrogen and oxygen atoms in total. The molecule has 0 fully saturated rings. The Morgan fingerprint density at radius 1 is 1.04 bits per heavy atom. The van der Waals surface area contributed by atoms with E-state index in [0.717, 1.165) is 18.5 Å². The van der Waals surface area contributed by atoms with Crippen molar-refractivity contribution < 1.29 is 4.79 Å². The van der Waals surface area contributed by atoms with Gasteiger partial charge in [-0.15, -0.1) is 0 Å². The van der Waals surface area contributed by atoms with Crippen LogP contribution >= 0.6 is 12.2 Å². The number of amides is 1. The lowest BCUT2D eigenvalue weighted by atomic mass is 10.0. The number of aromatic nitrogens is 1. The van der Waals surface area contributed by atoms with Gasteiger partial charge in [-0.25, -0.2) is 4.99 Å². The molecule has 5 heteroatoms. The first kappa shape index (κ1) is 17.6. The zero-order valence-corrected chi connectivity index (χ0v) is 16.3. The van der Waals surface area contributed by atoms with E-state index in [0.29, 0.717) is 17.2 Å². The first-order valence-corrected chi connectivity index (χ1v) is 9.52. The average Bonchev–Trinajstić information content (AvgIpc) is 3.15. The van der Waals surface area contributed by atoms with Crippen molar-refractivity contribution in [3.8, 4) is 0 Å². The fraction of sp³-hybridized carbons (Fsp3) is 0.227. The summed E-state index contributed by atoms with van der Waals surface area (Å²) in [7, 11) is 1.68. The smallest absolute Gasteiger partial charge is 0.274 e. The third-order valence-corrected chi connectivity index (χ3v) is 5.43. The molecule has 4 rings (SSSR count). The highest BCUT2D eigenvalue weighted by molar-refractivity contribution is 7.80. The Bertz CT molecular complexity index is 1070. The molecule has 0 saturated heterocycles. The molecule has 1 aliphatic heterocycles. The van der Waals surface area contributed by atoms with Crippen molar-refractivity contribution in [2.45, 2.75) is 26.3 Å². The number of carbonyl (C=O) groups is 1. The van der Waals surface area contributed by atoms with Crippen LogP contribution in [0.5, 0.6) is 0 Å². The first-order chi connectivity index (χ1) is 13.1. The molecule has 0 N–H and O–H groups in total. The molecule has 0 aliphatic carbocycles. The molecule has 1 aliphatic rings. The van der Waals surface area contributed by atoms with Gasteiger partial charge < -0.3 is 4.57 Å². The second-order valence-electron chi connectivity index (χ2n) is 6.82. The van der Waals surface area contributed by atoms with Crippen molar-refractivity contribution in [3.05, 3.63) is 71.4 Å². The van der Waals surface area contributed by atoms with Gasteiger partial charge in [0.2, 0.25) is 5.11 Å². The predicted octanol–water partition coefficient (Wildman–Crippen LogP) is 3.99. The number of hydrogen-bond donors (Lipinski definition) is 0. The summed E-state index contributed by atoms with van der Waals surface area (Å²) < 4.78 is 2.29. The second-order valence-corrected chi connectivity index (χ2v) is 7.18. The zero-order valence-electron chi connectivity index (χ0n) is 15.5. The van der Waals surface area contributed by atoms with Gasteiger partial charge in [-0.2, -0.15) is 0 Å². The SMILES string of the molecule is CCc1cccc2c(CC3=NC(=S)N(C)C3=O)cn(Cc3ccccc3)c12. The number of aryl methyl sites for hydroxylation is 1. The molecule has 3 aromatic rings. The fourth-order valence-corrected chi connectivity index (χ4v) is 3.85. The van der Waals surface area contributed by atoms with Gasteiger partial charge in [0.15, 0.2) is 0 Å². The minimum absolute atomic E-state index is 0.101. The molecule has 27 heavy (non-hydrogen) atoms. The fourth-order valence-electron chi connectivity index (χ4n) is 3.66. The lowest BCUT2D eigenvalue weighted by Crippen LogP contribution is -2.29. The van der Waals surface area contributed by atoms with Crippen LogP contribution in [0.1, 0.15) is 23.6 Å². The minimum atomic E-state index is -0.101. The largest absolute Gasteiger partial charge is 0.343 e. The number of fused-ring (bicyclic) bond motifs is 1. The van der Waals surface area contributed by atoms with Gasteiger partial charge in [-0.3, -0.25) is 9.69 Å². The Kier molecular flexibility index (Phi) is 4.62. The maximum absolute atomic E-state index is 12.4. The molecule has 2 aromatic carbocycles. The third-order valence-electron chi connectivity index (χ3n) is 5.07. The predicted molar refractivity (Wildman–Crippen MR) is 113 cm³/mol. The van der Waals surface area contributed by atoms with E-state index < -0.39 is 0 Å². The van der Waals surface area contributed by atoms with Crippen molar-refractivity contribution in [2.75, 3.05) is 7.05 Å². The number of rotatable bonds is 5. The van der Waals surface area contributed by atoms with E-state index in [9.17, 15) is 4.79 Å². The Morgan fingerprint density at radius 2 is 1.81 bits per heavy atom. The quantitative estimate of drug-likeness (QED) is 0.632. The van der Waals surface area contributed by atoms with Gasteiger partial charge in [0.25, 0.3) is 5.91 Å². The minimum Gasteiger partial charge on any atom is -0.343 e. The number of para-hydroxylation sites is 1. The van der Waals surface area contributed by atoms with Crippen LogP contribution in [-0.2, 0) is 24.2 Å². The highest BCUT2D eigenvalue weighted by Crippen LogP contribution is 2.27. The molecule has 0 bridgehead atoms. The van der Waals surface area contributed by atoms with Crippen molar-refractivity contribution in [1.82, 2.24) is 9.47 Å². The summed E-state index contributed by atoms with van der Waals surface area (Å²) in [6.45, 7) is 2.97. The standard InChI is InChI=1S/C22H21N3OS/c1-3-16-10-7-11-18-17(12-19-21(26)24(2)22(27)23-19)14-25(20(16)18)13-15-8-5-4-6-9-15/h4-11,14H,3,12-13H2,1-2H3. The first-order valence-electron chi connectivity index (χ1n) is 9.11. The van der Waals surface area contributed by atoms with Crippen LogP contribution in [0.2, 0.25) is 0 Å². The van der Waals surface area contributed by atoms with Crippen LogP contribution in [0.25, 0.3) is 10.9 Å². The molecular formula is C22H21N3OS. The van der Waals surface area contributed by atoms with Crippen LogP contribution in [0.3, 0.4) is 0 Å². The van der Waals surface area contributed by atoms with Crippen molar-refractivity contribution in [1.29, 1.82) is 0 Å². The van der Waals surface area contributed by atoms with E-state index in [4.69, 9.17) is 12.2 Å². The van der Waals surface area contributed by atoms with E-state index in [1.54, 1.807) is 7.05 Å². The summed E-state index contributed by atoms with van der Waals surface area (Å²) in [4.78, 5) is 18.1. The molecule has 1 amide bonds. The third kappa shape index (κ3) is 3.19. The van der Waals surface area contributed by atoms with Gasteiger partial charge in [-0.05, 0) is 35.3 Å². The molecule has 1 aromatic heterocycles. The molecule has 0 radical (unpaired) electrons. The maximum atomic E-state index is 12.4. The number of thiocarbonyl (C=S) groups is 1. The molecule has 0 unspecified atom stereocenters. The summed E-state index contributed by atoms with van der Waals surface area (Å²) in [5.41, 5.74) is 5.43. The molecule has 136 valence electrons. The zero-order chi connectivity index (χ0) is 19.0. The highest BCUT2D eigenvalue weighted by Gasteiger charge is 2.28. The normalized spacial score (nSPS) is 14.3. The Labute approximate surface area is 164 Å². The number of carbonyl (C=O) groups excluding carboxylic acids is 1.